The summed E-state index contributed by atoms with van der Waals surface area (Å²) in [7, 11) is 1.59. The molecule has 2 aromatic carbocycles. The van der Waals surface area contributed by atoms with Crippen molar-refractivity contribution in [2.24, 2.45) is 4.99 Å². The molecule has 158 valence electrons. The second kappa shape index (κ2) is 7.69. The quantitative estimate of drug-likeness (QED) is 0.524. The number of benzene rings is 2. The Bertz CT molecular complexity index is 1400. The van der Waals surface area contributed by atoms with E-state index in [1.165, 1.54) is 17.3 Å². The van der Waals surface area contributed by atoms with Crippen molar-refractivity contribution >= 4 is 34.2 Å². The molecule has 8 nitrogen and oxygen atoms in total. The van der Waals surface area contributed by atoms with Gasteiger partial charge < -0.3 is 15.2 Å². The van der Waals surface area contributed by atoms with Crippen molar-refractivity contribution in [1.82, 2.24) is 20.3 Å². The number of hydrogen-bond acceptors (Lipinski definition) is 5. The normalized spacial score (nSPS) is 15.8. The molecule has 2 aromatic heterocycles. The maximum Gasteiger partial charge on any atom is 0.272 e. The minimum atomic E-state index is -1.28. The van der Waals surface area contributed by atoms with Crippen LogP contribution in [0.1, 0.15) is 21.6 Å². The second-order valence-electron chi connectivity index (χ2n) is 7.21. The fourth-order valence-electron chi connectivity index (χ4n) is 3.73. The van der Waals surface area contributed by atoms with Gasteiger partial charge in [-0.2, -0.15) is 0 Å². The number of fused-ring (bicyclic) bond motifs is 2. The average Bonchev–Trinajstić information content (AvgIpc) is 3.27. The van der Waals surface area contributed by atoms with E-state index in [9.17, 15) is 14.0 Å². The molecular formula is C23H17FN6O2. The number of aromatic amines is 1. The van der Waals surface area contributed by atoms with E-state index in [0.717, 1.165) is 0 Å². The molecule has 3 heterocycles. The third kappa shape index (κ3) is 3.20. The number of carbonyl (C=O) groups is 2. The molecule has 0 saturated carbocycles. The van der Waals surface area contributed by atoms with Crippen molar-refractivity contribution in [2.45, 2.75) is 6.17 Å². The van der Waals surface area contributed by atoms with Gasteiger partial charge in [-0.25, -0.2) is 19.4 Å². The topological polar surface area (TPSA) is 103 Å². The monoisotopic (exact) mass is 428 g/mol. The van der Waals surface area contributed by atoms with Crippen molar-refractivity contribution in [3.8, 4) is 0 Å². The molecule has 0 spiro atoms. The van der Waals surface area contributed by atoms with E-state index in [1.54, 1.807) is 61.8 Å². The minimum absolute atomic E-state index is 0.108. The van der Waals surface area contributed by atoms with Crippen LogP contribution >= 0.6 is 0 Å². The molecule has 1 aliphatic heterocycles. The first kappa shape index (κ1) is 19.6. The van der Waals surface area contributed by atoms with Crippen LogP contribution in [0.5, 0.6) is 0 Å². The van der Waals surface area contributed by atoms with E-state index in [2.05, 4.69) is 25.3 Å². The lowest BCUT2D eigenvalue weighted by Gasteiger charge is -2.20. The van der Waals surface area contributed by atoms with Gasteiger partial charge in [-0.1, -0.05) is 30.3 Å². The van der Waals surface area contributed by atoms with Crippen LogP contribution in [0.2, 0.25) is 0 Å². The Balaban J connectivity index is 1.61. The zero-order valence-electron chi connectivity index (χ0n) is 16.9. The lowest BCUT2D eigenvalue weighted by atomic mass is 10.00. The average molecular weight is 428 g/mol. The van der Waals surface area contributed by atoms with Gasteiger partial charge in [0.25, 0.3) is 11.8 Å². The maximum atomic E-state index is 14.7. The number of nitrogens with one attached hydrogen (secondary N) is 2. The summed E-state index contributed by atoms with van der Waals surface area (Å²) >= 11 is 0. The van der Waals surface area contributed by atoms with Gasteiger partial charge in [0, 0.05) is 24.4 Å². The molecule has 5 rings (SSSR count). The summed E-state index contributed by atoms with van der Waals surface area (Å²) in [5.41, 5.74) is 2.26. The first-order valence-corrected chi connectivity index (χ1v) is 9.83. The molecule has 0 fully saturated rings. The Morgan fingerprint density at radius 2 is 1.81 bits per heavy atom. The molecular weight excluding hydrogens is 411 g/mol. The molecule has 0 saturated heterocycles. The molecule has 9 heteroatoms. The van der Waals surface area contributed by atoms with E-state index in [1.807, 2.05) is 0 Å². The van der Waals surface area contributed by atoms with Crippen LogP contribution in [0, 0.1) is 5.82 Å². The van der Waals surface area contributed by atoms with Crippen molar-refractivity contribution in [1.29, 1.82) is 0 Å². The van der Waals surface area contributed by atoms with E-state index < -0.39 is 23.8 Å². The largest absolute Gasteiger partial charge is 0.346 e. The first-order chi connectivity index (χ1) is 15.5. The third-order valence-electron chi connectivity index (χ3n) is 5.31. The predicted molar refractivity (Wildman–Crippen MR) is 117 cm³/mol. The molecule has 0 bridgehead atoms. The van der Waals surface area contributed by atoms with Crippen molar-refractivity contribution in [3.05, 3.63) is 89.8 Å². The highest BCUT2D eigenvalue weighted by Gasteiger charge is 2.32. The van der Waals surface area contributed by atoms with Crippen LogP contribution in [0.3, 0.4) is 0 Å². The molecule has 2 N–H and O–H groups in total. The minimum Gasteiger partial charge on any atom is -0.346 e. The number of amides is 2. The summed E-state index contributed by atoms with van der Waals surface area (Å²) in [6, 6.07) is 15.0. The highest BCUT2D eigenvalue weighted by molar-refractivity contribution is 6.20. The van der Waals surface area contributed by atoms with Gasteiger partial charge in [-0.3, -0.25) is 9.59 Å². The molecule has 0 radical (unpaired) electrons. The Kier molecular flexibility index (Phi) is 4.70. The number of carbonyl (C=O) groups excluding carboxylic acids is 2. The van der Waals surface area contributed by atoms with Gasteiger partial charge in [0.1, 0.15) is 23.5 Å². The smallest absolute Gasteiger partial charge is 0.272 e. The highest BCUT2D eigenvalue weighted by atomic mass is 19.1. The number of para-hydroxylation sites is 1. The van der Waals surface area contributed by atoms with Crippen LogP contribution < -0.4 is 10.2 Å². The Morgan fingerprint density at radius 1 is 1.06 bits per heavy atom. The number of hydrogen-bond donors (Lipinski definition) is 2. The molecule has 1 aliphatic rings. The number of aromatic nitrogens is 3. The fourth-order valence-corrected chi connectivity index (χ4v) is 3.73. The van der Waals surface area contributed by atoms with Gasteiger partial charge in [-0.15, -0.1) is 0 Å². The summed E-state index contributed by atoms with van der Waals surface area (Å²) in [6.07, 6.45) is 1.63. The van der Waals surface area contributed by atoms with Gasteiger partial charge in [0.2, 0.25) is 6.17 Å². The predicted octanol–water partition coefficient (Wildman–Crippen LogP) is 2.67. The zero-order valence-corrected chi connectivity index (χ0v) is 16.9. The third-order valence-corrected chi connectivity index (χ3v) is 5.31. The van der Waals surface area contributed by atoms with Gasteiger partial charge in [0.15, 0.2) is 0 Å². The maximum absolute atomic E-state index is 14.7. The van der Waals surface area contributed by atoms with E-state index >= 15 is 0 Å². The van der Waals surface area contributed by atoms with Gasteiger partial charge in [-0.05, 0) is 24.3 Å². The van der Waals surface area contributed by atoms with Crippen LogP contribution in [-0.4, -0.2) is 45.7 Å². The Hall–Kier alpha value is -4.40. The van der Waals surface area contributed by atoms with Crippen molar-refractivity contribution < 1.29 is 14.0 Å². The number of anilines is 1. The summed E-state index contributed by atoms with van der Waals surface area (Å²) < 4.78 is 14.7. The van der Waals surface area contributed by atoms with Gasteiger partial charge in [0.05, 0.1) is 16.8 Å². The number of rotatable bonds is 3. The molecule has 1 atom stereocenters. The number of benzodiazepines with no additional fused rings is 1. The van der Waals surface area contributed by atoms with Crippen molar-refractivity contribution in [2.75, 3.05) is 11.9 Å². The molecule has 4 aromatic rings. The van der Waals surface area contributed by atoms with Crippen LogP contribution in [-0.2, 0) is 4.79 Å². The van der Waals surface area contributed by atoms with Crippen molar-refractivity contribution in [3.63, 3.8) is 0 Å². The number of nitrogens with zero attached hydrogens (tertiary/aromatic N) is 4. The van der Waals surface area contributed by atoms with Gasteiger partial charge >= 0.3 is 0 Å². The number of likely N-dealkylation sites (N-methyl/N-ethyl adjacent to an activating group) is 1. The number of H-pyrrole nitrogens is 1. The summed E-state index contributed by atoms with van der Waals surface area (Å²) in [6.45, 7) is 0. The lowest BCUT2D eigenvalue weighted by Crippen LogP contribution is -2.46. The Labute approximate surface area is 181 Å². The molecule has 2 amide bonds. The number of halogens is 1. The number of aliphatic imine (C=N–C) groups is 1. The summed E-state index contributed by atoms with van der Waals surface area (Å²) in [4.78, 5) is 43.2. The Morgan fingerprint density at radius 3 is 2.62 bits per heavy atom. The van der Waals surface area contributed by atoms with Crippen LogP contribution in [0.4, 0.5) is 10.1 Å². The van der Waals surface area contributed by atoms with E-state index in [4.69, 9.17) is 0 Å². The molecule has 1 unspecified atom stereocenters. The summed E-state index contributed by atoms with van der Waals surface area (Å²) in [5.74, 6) is -1.53. The van der Waals surface area contributed by atoms with Crippen LogP contribution in [0.25, 0.3) is 11.0 Å². The van der Waals surface area contributed by atoms with E-state index in [0.29, 0.717) is 22.3 Å². The highest BCUT2D eigenvalue weighted by Crippen LogP contribution is 2.28. The van der Waals surface area contributed by atoms with E-state index in [-0.39, 0.29) is 17.0 Å². The second-order valence-corrected chi connectivity index (χ2v) is 7.21. The zero-order chi connectivity index (χ0) is 22.2. The fraction of sp³-hybridized carbons (Fsp3) is 0.0870. The van der Waals surface area contributed by atoms with Crippen LogP contribution in [0.15, 0.2) is 72.1 Å². The first-order valence-electron chi connectivity index (χ1n) is 9.83. The molecule has 0 aliphatic carbocycles. The lowest BCUT2D eigenvalue weighted by molar-refractivity contribution is -0.119. The standard InChI is InChI=1S/C23H17FN6O2/c1-30-17-9-5-3-7-14(17)18(13-6-2-4-8-16(13)24)28-21(23(30)32)29-22(31)19-15-10-11-25-20(15)27-12-26-19/h2-12,21H,1H3,(H,29,31)(H,25,26,27). The summed E-state index contributed by atoms with van der Waals surface area (Å²) in [5, 5.41) is 3.16. The SMILES string of the molecule is CN1C(=O)C(NC(=O)c2ncnc3[nH]ccc23)N=C(c2ccccc2F)c2ccccc21. The molecule has 32 heavy (non-hydrogen) atoms.